The summed E-state index contributed by atoms with van der Waals surface area (Å²) in [5, 5.41) is 3.35. The smallest absolute Gasteiger partial charge is 0.241 e. The van der Waals surface area contributed by atoms with E-state index in [0.717, 1.165) is 5.69 Å². The maximum Gasteiger partial charge on any atom is 0.241 e. The van der Waals surface area contributed by atoms with Gasteiger partial charge in [0.2, 0.25) is 5.91 Å². The molecule has 0 fully saturated rings. The molecular weight excluding hydrogens is 284 g/mol. The van der Waals surface area contributed by atoms with Crippen LogP contribution in [0.2, 0.25) is 0 Å². The van der Waals surface area contributed by atoms with E-state index in [9.17, 15) is 4.79 Å². The van der Waals surface area contributed by atoms with Gasteiger partial charge in [0.15, 0.2) is 0 Å². The maximum atomic E-state index is 12.7. The summed E-state index contributed by atoms with van der Waals surface area (Å²) in [6, 6.07) is 18.4. The molecule has 3 heteroatoms. The summed E-state index contributed by atoms with van der Waals surface area (Å²) in [5.74, 6) is 0.0895. The van der Waals surface area contributed by atoms with Gasteiger partial charge in [-0.1, -0.05) is 42.5 Å². The number of hydrogen-bond acceptors (Lipinski definition) is 2. The number of carbonyl (C=O) groups excluding carboxylic acids is 1. The fourth-order valence-corrected chi connectivity index (χ4v) is 2.83. The number of aryl methyl sites for hydroxylation is 1. The zero-order chi connectivity index (χ0) is 16.8. The summed E-state index contributed by atoms with van der Waals surface area (Å²) >= 11 is 0. The standard InChI is InChI=1S/C20H26N2O/c1-15(2)22(18-11-6-5-7-12-18)20(23)14-21-17(4)19-13-9-8-10-16(19)3/h5-13,15,17,21H,14H2,1-4H3. The van der Waals surface area contributed by atoms with Gasteiger partial charge < -0.3 is 10.2 Å². The van der Waals surface area contributed by atoms with Crippen molar-refractivity contribution in [2.24, 2.45) is 0 Å². The lowest BCUT2D eigenvalue weighted by atomic mass is 10.0. The Morgan fingerprint density at radius 3 is 2.22 bits per heavy atom. The minimum Gasteiger partial charge on any atom is -0.309 e. The molecule has 1 unspecified atom stereocenters. The molecule has 0 radical (unpaired) electrons. The van der Waals surface area contributed by atoms with Gasteiger partial charge in [0.05, 0.1) is 6.54 Å². The number of hydrogen-bond donors (Lipinski definition) is 1. The Bertz CT molecular complexity index is 637. The van der Waals surface area contributed by atoms with Crippen LogP contribution < -0.4 is 10.2 Å². The molecule has 0 heterocycles. The minimum atomic E-state index is 0.0895. The lowest BCUT2D eigenvalue weighted by Crippen LogP contribution is -2.43. The molecule has 2 aromatic carbocycles. The number of para-hydroxylation sites is 1. The van der Waals surface area contributed by atoms with Crippen LogP contribution in [0.5, 0.6) is 0 Å². The highest BCUT2D eigenvalue weighted by Gasteiger charge is 2.19. The molecule has 23 heavy (non-hydrogen) atoms. The van der Waals surface area contributed by atoms with Crippen molar-refractivity contribution in [3.8, 4) is 0 Å². The van der Waals surface area contributed by atoms with Crippen LogP contribution in [0.3, 0.4) is 0 Å². The Morgan fingerprint density at radius 1 is 1.00 bits per heavy atom. The number of benzene rings is 2. The lowest BCUT2D eigenvalue weighted by Gasteiger charge is -2.28. The first-order valence-corrected chi connectivity index (χ1v) is 8.16. The van der Waals surface area contributed by atoms with Gasteiger partial charge in [0.1, 0.15) is 0 Å². The van der Waals surface area contributed by atoms with Gasteiger partial charge in [-0.15, -0.1) is 0 Å². The third-order valence-electron chi connectivity index (χ3n) is 4.03. The molecule has 2 rings (SSSR count). The number of anilines is 1. The van der Waals surface area contributed by atoms with E-state index in [1.54, 1.807) is 0 Å². The van der Waals surface area contributed by atoms with E-state index in [4.69, 9.17) is 0 Å². The van der Waals surface area contributed by atoms with Gasteiger partial charge in [0.25, 0.3) is 0 Å². The van der Waals surface area contributed by atoms with E-state index in [1.807, 2.05) is 61.2 Å². The first-order valence-electron chi connectivity index (χ1n) is 8.16. The van der Waals surface area contributed by atoms with Crippen LogP contribution in [0.1, 0.15) is 37.9 Å². The molecule has 1 amide bonds. The zero-order valence-corrected chi connectivity index (χ0v) is 14.4. The molecule has 1 N–H and O–H groups in total. The lowest BCUT2D eigenvalue weighted by molar-refractivity contribution is -0.118. The van der Waals surface area contributed by atoms with Gasteiger partial charge in [-0.3, -0.25) is 4.79 Å². The third-order valence-corrected chi connectivity index (χ3v) is 4.03. The second kappa shape index (κ2) is 7.93. The Labute approximate surface area is 139 Å². The van der Waals surface area contributed by atoms with Gasteiger partial charge >= 0.3 is 0 Å². The van der Waals surface area contributed by atoms with Crippen molar-refractivity contribution in [1.82, 2.24) is 5.32 Å². The molecular formula is C20H26N2O. The molecule has 0 aromatic heterocycles. The second-order valence-corrected chi connectivity index (χ2v) is 6.15. The quantitative estimate of drug-likeness (QED) is 0.871. The highest BCUT2D eigenvalue weighted by atomic mass is 16.2. The second-order valence-electron chi connectivity index (χ2n) is 6.15. The molecule has 0 saturated carbocycles. The first kappa shape index (κ1) is 17.2. The normalized spacial score (nSPS) is 12.2. The zero-order valence-electron chi connectivity index (χ0n) is 14.4. The van der Waals surface area contributed by atoms with E-state index in [0.29, 0.717) is 6.54 Å². The molecule has 3 nitrogen and oxygen atoms in total. The molecule has 0 aliphatic rings. The van der Waals surface area contributed by atoms with Gasteiger partial charge in [0, 0.05) is 17.8 Å². The monoisotopic (exact) mass is 310 g/mol. The number of carbonyl (C=O) groups is 1. The van der Waals surface area contributed by atoms with E-state index >= 15 is 0 Å². The van der Waals surface area contributed by atoms with Crippen molar-refractivity contribution in [2.45, 2.75) is 39.8 Å². The van der Waals surface area contributed by atoms with Crippen molar-refractivity contribution in [3.05, 3.63) is 65.7 Å². The van der Waals surface area contributed by atoms with E-state index in [2.05, 4.69) is 31.3 Å². The minimum absolute atomic E-state index is 0.0895. The Balaban J connectivity index is 2.04. The number of nitrogens with one attached hydrogen (secondary N) is 1. The fraction of sp³-hybridized carbons (Fsp3) is 0.350. The topological polar surface area (TPSA) is 32.3 Å². The van der Waals surface area contributed by atoms with Crippen molar-refractivity contribution in [3.63, 3.8) is 0 Å². The van der Waals surface area contributed by atoms with Crippen molar-refractivity contribution in [2.75, 3.05) is 11.4 Å². The summed E-state index contributed by atoms with van der Waals surface area (Å²) in [7, 11) is 0. The number of rotatable bonds is 6. The van der Waals surface area contributed by atoms with Gasteiger partial charge in [-0.25, -0.2) is 0 Å². The summed E-state index contributed by atoms with van der Waals surface area (Å²) in [5.41, 5.74) is 3.41. The summed E-state index contributed by atoms with van der Waals surface area (Å²) in [4.78, 5) is 14.5. The SMILES string of the molecule is Cc1ccccc1C(C)NCC(=O)N(c1ccccc1)C(C)C. The van der Waals surface area contributed by atoms with Crippen LogP contribution in [-0.2, 0) is 4.79 Å². The summed E-state index contributed by atoms with van der Waals surface area (Å²) in [6.07, 6.45) is 0. The van der Waals surface area contributed by atoms with Gasteiger partial charge in [-0.05, 0) is 51.0 Å². The summed E-state index contributed by atoms with van der Waals surface area (Å²) in [6.45, 7) is 8.59. The average molecular weight is 310 g/mol. The highest BCUT2D eigenvalue weighted by molar-refractivity contribution is 5.95. The molecule has 0 aliphatic heterocycles. The van der Waals surface area contributed by atoms with Crippen LogP contribution in [0.4, 0.5) is 5.69 Å². The molecule has 1 atom stereocenters. The maximum absolute atomic E-state index is 12.7. The molecule has 0 aliphatic carbocycles. The fourth-order valence-electron chi connectivity index (χ4n) is 2.83. The Hall–Kier alpha value is -2.13. The van der Waals surface area contributed by atoms with Crippen LogP contribution in [0.15, 0.2) is 54.6 Å². The van der Waals surface area contributed by atoms with Crippen molar-refractivity contribution < 1.29 is 4.79 Å². The highest BCUT2D eigenvalue weighted by Crippen LogP contribution is 2.18. The molecule has 0 spiro atoms. The van der Waals surface area contributed by atoms with Crippen molar-refractivity contribution in [1.29, 1.82) is 0 Å². The van der Waals surface area contributed by atoms with E-state index in [-0.39, 0.29) is 18.0 Å². The van der Waals surface area contributed by atoms with Crippen LogP contribution in [0, 0.1) is 6.92 Å². The Morgan fingerprint density at radius 2 is 1.61 bits per heavy atom. The predicted octanol–water partition coefficient (Wildman–Crippen LogP) is 4.09. The van der Waals surface area contributed by atoms with Gasteiger partial charge in [-0.2, -0.15) is 0 Å². The molecule has 0 bridgehead atoms. The predicted molar refractivity (Wildman–Crippen MR) is 96.7 cm³/mol. The van der Waals surface area contributed by atoms with Crippen molar-refractivity contribution >= 4 is 11.6 Å². The molecule has 2 aromatic rings. The number of amides is 1. The van der Waals surface area contributed by atoms with E-state index < -0.39 is 0 Å². The Kier molecular flexibility index (Phi) is 5.94. The first-order chi connectivity index (χ1) is 11.0. The summed E-state index contributed by atoms with van der Waals surface area (Å²) < 4.78 is 0. The van der Waals surface area contributed by atoms with E-state index in [1.165, 1.54) is 11.1 Å². The molecule has 122 valence electrons. The third kappa shape index (κ3) is 4.42. The number of nitrogens with zero attached hydrogens (tertiary/aromatic N) is 1. The van der Waals surface area contributed by atoms with Crippen LogP contribution in [0.25, 0.3) is 0 Å². The van der Waals surface area contributed by atoms with Crippen LogP contribution >= 0.6 is 0 Å². The molecule has 0 saturated heterocycles. The largest absolute Gasteiger partial charge is 0.309 e. The van der Waals surface area contributed by atoms with Crippen LogP contribution in [-0.4, -0.2) is 18.5 Å². The average Bonchev–Trinajstić information content (AvgIpc) is 2.54.